The second-order valence-electron chi connectivity index (χ2n) is 3.48. The molecule has 7 heteroatoms. The van der Waals surface area contributed by atoms with E-state index in [2.05, 4.69) is 10.5 Å². The van der Waals surface area contributed by atoms with Crippen LogP contribution in [0.3, 0.4) is 0 Å². The zero-order chi connectivity index (χ0) is 10.9. The van der Waals surface area contributed by atoms with Gasteiger partial charge in [-0.05, 0) is 13.8 Å². The molecule has 1 heterocycles. The second-order valence-corrected chi connectivity index (χ2v) is 3.48. The first-order valence-corrected chi connectivity index (χ1v) is 3.99. The first-order valence-electron chi connectivity index (χ1n) is 3.99. The van der Waals surface area contributed by atoms with Crippen LogP contribution in [0.4, 0.5) is 0 Å². The highest BCUT2D eigenvalue weighted by Gasteiger charge is 2.42. The number of imide groups is 1. The van der Waals surface area contributed by atoms with Crippen molar-refractivity contribution in [1.82, 2.24) is 10.2 Å². The first kappa shape index (κ1) is 10.3. The van der Waals surface area contributed by atoms with E-state index in [9.17, 15) is 9.59 Å². The van der Waals surface area contributed by atoms with Gasteiger partial charge in [-0.25, -0.2) is 0 Å². The summed E-state index contributed by atoms with van der Waals surface area (Å²) in [5.41, 5.74) is 4.35. The third kappa shape index (κ3) is 1.48. The highest BCUT2D eigenvalue weighted by Crippen LogP contribution is 2.17. The van der Waals surface area contributed by atoms with Gasteiger partial charge < -0.3 is 15.8 Å². The third-order valence-electron chi connectivity index (χ3n) is 2.16. The minimum absolute atomic E-state index is 0.103. The van der Waals surface area contributed by atoms with Crippen molar-refractivity contribution in [2.75, 3.05) is 6.54 Å². The topological polar surface area (TPSA) is 108 Å². The Morgan fingerprint density at radius 3 is 2.71 bits per heavy atom. The van der Waals surface area contributed by atoms with Crippen LogP contribution in [0.1, 0.15) is 13.8 Å². The lowest BCUT2D eigenvalue weighted by Crippen LogP contribution is -2.66. The zero-order valence-electron chi connectivity index (χ0n) is 7.94. The van der Waals surface area contributed by atoms with Crippen LogP contribution in [0.25, 0.3) is 0 Å². The predicted octanol–water partition coefficient (Wildman–Crippen LogP) is -1.57. The predicted molar refractivity (Wildman–Crippen MR) is 47.3 cm³/mol. The molecular formula is C7H12N4O3. The standard InChI is InChI=1S/C7H12N4O3/c1-7(2)5(13)9-4(12)3-11(7)6(8)10-14/h14H,3H2,1-2H3,(H2,8,10)(H,9,12,13). The van der Waals surface area contributed by atoms with Gasteiger partial charge in [0.1, 0.15) is 12.1 Å². The summed E-state index contributed by atoms with van der Waals surface area (Å²) in [4.78, 5) is 23.6. The number of rotatable bonds is 0. The normalized spacial score (nSPS) is 22.1. The number of hydrogen-bond acceptors (Lipinski definition) is 4. The Bertz CT molecular complexity index is 310. The fourth-order valence-electron chi connectivity index (χ4n) is 1.20. The van der Waals surface area contributed by atoms with Gasteiger partial charge in [0, 0.05) is 0 Å². The monoisotopic (exact) mass is 200 g/mol. The molecule has 1 saturated heterocycles. The van der Waals surface area contributed by atoms with Crippen molar-refractivity contribution in [3.8, 4) is 0 Å². The summed E-state index contributed by atoms with van der Waals surface area (Å²) in [6.45, 7) is 3.05. The molecule has 78 valence electrons. The van der Waals surface area contributed by atoms with E-state index in [0.29, 0.717) is 0 Å². The SMILES string of the molecule is CC1(C)C(=O)NC(=O)CN1C(N)=NO. The molecule has 0 bridgehead atoms. The molecule has 1 rings (SSSR count). The van der Waals surface area contributed by atoms with Gasteiger partial charge in [0.2, 0.25) is 11.9 Å². The Balaban J connectivity index is 3.02. The van der Waals surface area contributed by atoms with Gasteiger partial charge >= 0.3 is 0 Å². The molecule has 0 unspecified atom stereocenters. The molecule has 0 atom stereocenters. The van der Waals surface area contributed by atoms with Gasteiger partial charge in [-0.15, -0.1) is 0 Å². The third-order valence-corrected chi connectivity index (χ3v) is 2.16. The molecule has 14 heavy (non-hydrogen) atoms. The molecule has 2 amide bonds. The number of carbonyl (C=O) groups is 2. The van der Waals surface area contributed by atoms with Crippen LogP contribution in [-0.2, 0) is 9.59 Å². The average molecular weight is 200 g/mol. The van der Waals surface area contributed by atoms with Gasteiger partial charge in [0.15, 0.2) is 0 Å². The van der Waals surface area contributed by atoms with Crippen LogP contribution in [0.15, 0.2) is 5.16 Å². The highest BCUT2D eigenvalue weighted by atomic mass is 16.4. The molecule has 1 aliphatic heterocycles. The largest absolute Gasteiger partial charge is 0.408 e. The minimum Gasteiger partial charge on any atom is -0.408 e. The fourth-order valence-corrected chi connectivity index (χ4v) is 1.20. The van der Waals surface area contributed by atoms with Crippen molar-refractivity contribution >= 4 is 17.8 Å². The highest BCUT2D eigenvalue weighted by molar-refractivity contribution is 6.06. The number of hydrogen-bond donors (Lipinski definition) is 3. The number of carbonyl (C=O) groups excluding carboxylic acids is 2. The van der Waals surface area contributed by atoms with Crippen molar-refractivity contribution in [1.29, 1.82) is 0 Å². The van der Waals surface area contributed by atoms with Crippen LogP contribution >= 0.6 is 0 Å². The lowest BCUT2D eigenvalue weighted by Gasteiger charge is -2.40. The number of oxime groups is 1. The maximum atomic E-state index is 11.4. The Labute approximate surface area is 80.5 Å². The second kappa shape index (κ2) is 3.17. The summed E-state index contributed by atoms with van der Waals surface area (Å²) in [6.07, 6.45) is 0. The Morgan fingerprint density at radius 1 is 1.64 bits per heavy atom. The molecule has 7 nitrogen and oxygen atoms in total. The molecular weight excluding hydrogens is 188 g/mol. The van der Waals surface area contributed by atoms with E-state index in [4.69, 9.17) is 10.9 Å². The van der Waals surface area contributed by atoms with E-state index in [1.165, 1.54) is 4.90 Å². The molecule has 0 aliphatic carbocycles. The van der Waals surface area contributed by atoms with E-state index in [-0.39, 0.29) is 12.5 Å². The maximum Gasteiger partial charge on any atom is 0.252 e. The Kier molecular flexibility index (Phi) is 2.33. The van der Waals surface area contributed by atoms with Crippen molar-refractivity contribution in [2.45, 2.75) is 19.4 Å². The van der Waals surface area contributed by atoms with Crippen LogP contribution < -0.4 is 11.1 Å². The first-order chi connectivity index (χ1) is 6.39. The molecule has 0 aromatic rings. The maximum absolute atomic E-state index is 11.4. The van der Waals surface area contributed by atoms with Gasteiger partial charge in [0.25, 0.3) is 5.91 Å². The lowest BCUT2D eigenvalue weighted by molar-refractivity contribution is -0.142. The molecule has 1 fully saturated rings. The Hall–Kier alpha value is -1.79. The van der Waals surface area contributed by atoms with Crippen LogP contribution in [-0.4, -0.2) is 40.0 Å². The minimum atomic E-state index is -0.996. The van der Waals surface area contributed by atoms with E-state index < -0.39 is 17.4 Å². The molecule has 0 radical (unpaired) electrons. The van der Waals surface area contributed by atoms with E-state index in [0.717, 1.165) is 0 Å². The van der Waals surface area contributed by atoms with Crippen LogP contribution in [0.5, 0.6) is 0 Å². The number of guanidine groups is 1. The van der Waals surface area contributed by atoms with E-state index in [1.807, 2.05) is 0 Å². The van der Waals surface area contributed by atoms with Crippen LogP contribution in [0, 0.1) is 0 Å². The number of nitrogens with two attached hydrogens (primary N) is 1. The summed E-state index contributed by atoms with van der Waals surface area (Å²) in [5.74, 6) is -1.19. The van der Waals surface area contributed by atoms with E-state index >= 15 is 0 Å². The summed E-state index contributed by atoms with van der Waals surface area (Å²) >= 11 is 0. The summed E-state index contributed by atoms with van der Waals surface area (Å²) in [7, 11) is 0. The quantitative estimate of drug-likeness (QED) is 0.144. The number of nitrogens with zero attached hydrogens (tertiary/aromatic N) is 2. The van der Waals surface area contributed by atoms with Crippen LogP contribution in [0.2, 0.25) is 0 Å². The number of amides is 2. The molecule has 0 aromatic carbocycles. The molecule has 0 aromatic heterocycles. The van der Waals surface area contributed by atoms with Gasteiger partial charge in [-0.1, -0.05) is 5.16 Å². The average Bonchev–Trinajstić information content (AvgIpc) is 2.10. The van der Waals surface area contributed by atoms with Gasteiger partial charge in [-0.3, -0.25) is 14.9 Å². The molecule has 4 N–H and O–H groups in total. The van der Waals surface area contributed by atoms with Crippen molar-refractivity contribution in [2.24, 2.45) is 10.9 Å². The smallest absolute Gasteiger partial charge is 0.252 e. The molecule has 1 aliphatic rings. The number of piperazine rings is 1. The fraction of sp³-hybridized carbons (Fsp3) is 0.571. The van der Waals surface area contributed by atoms with Crippen molar-refractivity contribution in [3.63, 3.8) is 0 Å². The van der Waals surface area contributed by atoms with Gasteiger partial charge in [0.05, 0.1) is 0 Å². The molecule has 0 saturated carbocycles. The Morgan fingerprint density at radius 2 is 2.21 bits per heavy atom. The summed E-state index contributed by atoms with van der Waals surface area (Å²) in [5, 5.41) is 13.4. The lowest BCUT2D eigenvalue weighted by atomic mass is 9.99. The zero-order valence-corrected chi connectivity index (χ0v) is 7.94. The summed E-state index contributed by atoms with van der Waals surface area (Å²) < 4.78 is 0. The summed E-state index contributed by atoms with van der Waals surface area (Å²) in [6, 6.07) is 0. The van der Waals surface area contributed by atoms with Crippen molar-refractivity contribution < 1.29 is 14.8 Å². The molecule has 0 spiro atoms. The van der Waals surface area contributed by atoms with Gasteiger partial charge in [-0.2, -0.15) is 0 Å². The number of nitrogens with one attached hydrogen (secondary N) is 1. The van der Waals surface area contributed by atoms with Crippen molar-refractivity contribution in [3.05, 3.63) is 0 Å². The van der Waals surface area contributed by atoms with E-state index in [1.54, 1.807) is 13.8 Å².